The number of para-hydroxylation sites is 1. The fourth-order valence-electron chi connectivity index (χ4n) is 1.38. The number of hydrogen-bond donors (Lipinski definition) is 2. The van der Waals surface area contributed by atoms with E-state index in [2.05, 4.69) is 10.6 Å². The fraction of sp³-hybridized carbons (Fsp3) is 0.182. The van der Waals surface area contributed by atoms with Crippen molar-refractivity contribution in [1.29, 1.82) is 0 Å². The van der Waals surface area contributed by atoms with Crippen LogP contribution in [0.2, 0.25) is 0 Å². The number of anilines is 1. The minimum atomic E-state index is 0.362. The summed E-state index contributed by atoms with van der Waals surface area (Å²) in [6, 6.07) is 9.16. The zero-order valence-electron chi connectivity index (χ0n) is 8.92. The molecule has 0 saturated carbocycles. The maximum Gasteiger partial charge on any atom is 0.233 e. The summed E-state index contributed by atoms with van der Waals surface area (Å²) >= 11 is 0. The molecule has 5 nitrogen and oxygen atoms in total. The molecule has 0 aliphatic carbocycles. The largest absolute Gasteiger partial charge is 0.472 e. The van der Waals surface area contributed by atoms with Crippen LogP contribution in [0.1, 0.15) is 5.56 Å². The Balaban J connectivity index is 2.04. The van der Waals surface area contributed by atoms with Gasteiger partial charge in [-0.25, -0.2) is 0 Å². The van der Waals surface area contributed by atoms with Gasteiger partial charge in [-0.1, -0.05) is 18.2 Å². The van der Waals surface area contributed by atoms with Gasteiger partial charge in [-0.15, -0.1) is 5.10 Å². The molecule has 0 radical (unpaired) electrons. The highest BCUT2D eigenvalue weighted by atomic mass is 16.5. The number of aromatic nitrogens is 2. The summed E-state index contributed by atoms with van der Waals surface area (Å²) in [6.45, 7) is 0.362. The van der Waals surface area contributed by atoms with Gasteiger partial charge in [-0.2, -0.15) is 0 Å². The number of aryl methyl sites for hydroxylation is 1. The molecular formula is C11H13N3O2. The summed E-state index contributed by atoms with van der Waals surface area (Å²) in [5.74, 6) is 0.565. The van der Waals surface area contributed by atoms with Crippen LogP contribution < -0.4 is 10.2 Å². The highest BCUT2D eigenvalue weighted by Gasteiger charge is 2.02. The molecule has 0 spiro atoms. The molecule has 0 bridgehead atoms. The van der Waals surface area contributed by atoms with Crippen LogP contribution >= 0.6 is 0 Å². The van der Waals surface area contributed by atoms with Crippen LogP contribution in [0.5, 0.6) is 5.88 Å². The second kappa shape index (κ2) is 4.67. The highest BCUT2D eigenvalue weighted by molar-refractivity contribution is 5.48. The molecule has 84 valence electrons. The third kappa shape index (κ3) is 2.32. The average Bonchev–Trinajstić information content (AvgIpc) is 2.73. The van der Waals surface area contributed by atoms with E-state index in [4.69, 9.17) is 9.94 Å². The zero-order chi connectivity index (χ0) is 11.4. The zero-order valence-corrected chi connectivity index (χ0v) is 8.92. The van der Waals surface area contributed by atoms with Crippen LogP contribution in [0.4, 0.5) is 5.69 Å². The van der Waals surface area contributed by atoms with E-state index in [0.29, 0.717) is 18.2 Å². The molecule has 0 saturated heterocycles. The maximum absolute atomic E-state index is 8.89. The van der Waals surface area contributed by atoms with Crippen molar-refractivity contribution in [2.75, 3.05) is 5.48 Å². The summed E-state index contributed by atoms with van der Waals surface area (Å²) < 4.78 is 7.14. The Hall–Kier alpha value is -2.01. The van der Waals surface area contributed by atoms with Crippen molar-refractivity contribution in [3.63, 3.8) is 0 Å². The molecule has 0 atom stereocenters. The number of rotatable bonds is 4. The van der Waals surface area contributed by atoms with Gasteiger partial charge >= 0.3 is 0 Å². The van der Waals surface area contributed by atoms with E-state index in [1.165, 1.54) is 0 Å². The maximum atomic E-state index is 8.89. The van der Waals surface area contributed by atoms with Gasteiger partial charge < -0.3 is 4.74 Å². The summed E-state index contributed by atoms with van der Waals surface area (Å²) in [7, 11) is 1.83. The monoisotopic (exact) mass is 219 g/mol. The molecule has 16 heavy (non-hydrogen) atoms. The average molecular weight is 219 g/mol. The second-order valence-corrected chi connectivity index (χ2v) is 3.39. The molecule has 0 unspecified atom stereocenters. The Bertz CT molecular complexity index is 468. The second-order valence-electron chi connectivity index (χ2n) is 3.39. The molecule has 1 heterocycles. The third-order valence-corrected chi connectivity index (χ3v) is 2.20. The van der Waals surface area contributed by atoms with E-state index >= 15 is 0 Å². The first-order valence-corrected chi connectivity index (χ1v) is 4.90. The van der Waals surface area contributed by atoms with Crippen LogP contribution in [0.15, 0.2) is 36.5 Å². The Morgan fingerprint density at radius 3 is 2.88 bits per heavy atom. The lowest BCUT2D eigenvalue weighted by atomic mass is 10.2. The fourth-order valence-corrected chi connectivity index (χ4v) is 1.38. The summed E-state index contributed by atoms with van der Waals surface area (Å²) in [5, 5.41) is 13.0. The molecule has 1 aromatic carbocycles. The van der Waals surface area contributed by atoms with Crippen molar-refractivity contribution in [1.82, 2.24) is 9.78 Å². The first-order chi connectivity index (χ1) is 7.79. The predicted octanol–water partition coefficient (Wildman–Crippen LogP) is 1.80. The summed E-state index contributed by atoms with van der Waals surface area (Å²) in [5.41, 5.74) is 3.64. The first kappa shape index (κ1) is 10.5. The molecule has 1 aromatic heterocycles. The van der Waals surface area contributed by atoms with Crippen molar-refractivity contribution >= 4 is 5.69 Å². The molecule has 5 heteroatoms. The van der Waals surface area contributed by atoms with E-state index in [-0.39, 0.29) is 0 Å². The number of nitrogens with one attached hydrogen (secondary N) is 1. The van der Waals surface area contributed by atoms with Crippen molar-refractivity contribution in [3.05, 3.63) is 42.1 Å². The Labute approximate surface area is 93.2 Å². The minimum absolute atomic E-state index is 0.362. The van der Waals surface area contributed by atoms with E-state index < -0.39 is 0 Å². The Kier molecular flexibility index (Phi) is 3.07. The molecular weight excluding hydrogens is 206 g/mol. The van der Waals surface area contributed by atoms with Gasteiger partial charge in [0.2, 0.25) is 5.88 Å². The molecule has 2 N–H and O–H groups in total. The standard InChI is InChI=1S/C11H13N3O2/c1-14-7-6-11(12-14)16-8-9-4-2-3-5-10(9)13-15/h2-7,13,15H,8H2,1H3. The SMILES string of the molecule is Cn1ccc(OCc2ccccc2NO)n1. The van der Waals surface area contributed by atoms with Gasteiger partial charge in [0.05, 0.1) is 5.69 Å². The van der Waals surface area contributed by atoms with Crippen LogP contribution in [-0.2, 0) is 13.7 Å². The van der Waals surface area contributed by atoms with Gasteiger partial charge in [0, 0.05) is 24.9 Å². The number of benzene rings is 1. The van der Waals surface area contributed by atoms with Gasteiger partial charge in [0.15, 0.2) is 0 Å². The van der Waals surface area contributed by atoms with Crippen molar-refractivity contribution in [2.45, 2.75) is 6.61 Å². The van der Waals surface area contributed by atoms with E-state index in [1.807, 2.05) is 31.4 Å². The smallest absolute Gasteiger partial charge is 0.233 e. The van der Waals surface area contributed by atoms with Crippen LogP contribution in [-0.4, -0.2) is 15.0 Å². The molecule has 0 aliphatic rings. The summed E-state index contributed by atoms with van der Waals surface area (Å²) in [4.78, 5) is 0. The molecule has 0 aliphatic heterocycles. The van der Waals surface area contributed by atoms with E-state index in [9.17, 15) is 0 Å². The lowest BCUT2D eigenvalue weighted by molar-refractivity contribution is 0.289. The summed E-state index contributed by atoms with van der Waals surface area (Å²) in [6.07, 6.45) is 1.81. The number of ether oxygens (including phenoxy) is 1. The number of hydrogen-bond acceptors (Lipinski definition) is 4. The molecule has 0 fully saturated rings. The topological polar surface area (TPSA) is 59.3 Å². The third-order valence-electron chi connectivity index (χ3n) is 2.20. The highest BCUT2D eigenvalue weighted by Crippen LogP contribution is 2.16. The predicted molar refractivity (Wildman–Crippen MR) is 59.4 cm³/mol. The van der Waals surface area contributed by atoms with Gasteiger partial charge in [0.1, 0.15) is 6.61 Å². The lowest BCUT2D eigenvalue weighted by Gasteiger charge is -2.07. The van der Waals surface area contributed by atoms with Gasteiger partial charge in [0.25, 0.3) is 0 Å². The van der Waals surface area contributed by atoms with E-state index in [0.717, 1.165) is 5.56 Å². The van der Waals surface area contributed by atoms with Crippen molar-refractivity contribution < 1.29 is 9.94 Å². The molecule has 2 rings (SSSR count). The van der Waals surface area contributed by atoms with Crippen molar-refractivity contribution in [2.24, 2.45) is 7.05 Å². The van der Waals surface area contributed by atoms with Crippen molar-refractivity contribution in [3.8, 4) is 5.88 Å². The molecule has 2 aromatic rings. The van der Waals surface area contributed by atoms with E-state index in [1.54, 1.807) is 16.8 Å². The van der Waals surface area contributed by atoms with Crippen LogP contribution in [0, 0.1) is 0 Å². The quantitative estimate of drug-likeness (QED) is 0.770. The number of nitrogens with zero attached hydrogens (tertiary/aromatic N) is 2. The van der Waals surface area contributed by atoms with Crippen LogP contribution in [0.25, 0.3) is 0 Å². The van der Waals surface area contributed by atoms with Crippen LogP contribution in [0.3, 0.4) is 0 Å². The first-order valence-electron chi connectivity index (χ1n) is 4.90. The Morgan fingerprint density at radius 2 is 2.19 bits per heavy atom. The Morgan fingerprint density at radius 1 is 1.38 bits per heavy atom. The van der Waals surface area contributed by atoms with Gasteiger partial charge in [-0.05, 0) is 6.07 Å². The lowest BCUT2D eigenvalue weighted by Crippen LogP contribution is -2.01. The normalized spacial score (nSPS) is 10.1. The minimum Gasteiger partial charge on any atom is -0.472 e. The van der Waals surface area contributed by atoms with Gasteiger partial charge in [-0.3, -0.25) is 15.4 Å². The molecule has 0 amide bonds.